The molecule has 0 aliphatic carbocycles. The number of rotatable bonds is 4. The molecule has 0 bridgehead atoms. The van der Waals surface area contributed by atoms with Gasteiger partial charge < -0.3 is 4.42 Å². The van der Waals surface area contributed by atoms with Crippen LogP contribution in [0.5, 0.6) is 0 Å². The zero-order valence-electron chi connectivity index (χ0n) is 12.8. The average Bonchev–Trinajstić information content (AvgIpc) is 3.15. The molecule has 0 spiro atoms. The van der Waals surface area contributed by atoms with Gasteiger partial charge in [0, 0.05) is 11.3 Å². The Hall–Kier alpha value is -2.78. The summed E-state index contributed by atoms with van der Waals surface area (Å²) in [5.41, 5.74) is -0.641. The maximum Gasteiger partial charge on any atom is 0.416 e. The number of nitrogens with zero attached hydrogens (tertiary/aromatic N) is 4. The maximum absolute atomic E-state index is 12.7. The summed E-state index contributed by atoms with van der Waals surface area (Å²) in [5.74, 6) is -0.0561. The van der Waals surface area contributed by atoms with Crippen LogP contribution in [0.4, 0.5) is 22.0 Å². The lowest BCUT2D eigenvalue weighted by Gasteiger charge is -2.06. The van der Waals surface area contributed by atoms with Crippen molar-refractivity contribution < 1.29 is 26.4 Å². The Kier molecular flexibility index (Phi) is 4.27. The summed E-state index contributed by atoms with van der Waals surface area (Å²) in [7, 11) is 0. The Balaban J connectivity index is 1.84. The summed E-state index contributed by atoms with van der Waals surface area (Å²) in [6, 6.07) is 5.69. The molecule has 1 aromatic carbocycles. The third kappa shape index (κ3) is 3.67. The van der Waals surface area contributed by atoms with E-state index in [0.29, 0.717) is 5.69 Å². The van der Waals surface area contributed by atoms with Crippen LogP contribution in [0.3, 0.4) is 0 Å². The second-order valence-electron chi connectivity index (χ2n) is 5.25. The smallest absolute Gasteiger partial charge is 0.416 e. The Morgan fingerprint density at radius 2 is 1.92 bits per heavy atom. The van der Waals surface area contributed by atoms with Gasteiger partial charge in [0.25, 0.3) is 6.43 Å². The molecule has 3 aromatic rings. The molecule has 132 valence electrons. The minimum Gasteiger partial charge on any atom is -0.419 e. The fourth-order valence-corrected chi connectivity index (χ4v) is 2.19. The summed E-state index contributed by atoms with van der Waals surface area (Å²) < 4.78 is 70.1. The Morgan fingerprint density at radius 3 is 2.56 bits per heavy atom. The predicted molar refractivity (Wildman–Crippen MR) is 75.8 cm³/mol. The first kappa shape index (κ1) is 17.1. The van der Waals surface area contributed by atoms with Gasteiger partial charge in [0.1, 0.15) is 12.2 Å². The van der Waals surface area contributed by atoms with Gasteiger partial charge in [-0.05, 0) is 31.2 Å². The topological polar surface area (TPSA) is 56.7 Å². The largest absolute Gasteiger partial charge is 0.419 e. The monoisotopic (exact) mass is 358 g/mol. The van der Waals surface area contributed by atoms with Gasteiger partial charge in [0.05, 0.1) is 5.56 Å². The lowest BCUT2D eigenvalue weighted by atomic mass is 10.1. The van der Waals surface area contributed by atoms with Crippen LogP contribution < -0.4 is 0 Å². The lowest BCUT2D eigenvalue weighted by Crippen LogP contribution is -2.04. The fourth-order valence-electron chi connectivity index (χ4n) is 2.19. The highest BCUT2D eigenvalue weighted by Gasteiger charge is 2.30. The van der Waals surface area contributed by atoms with Crippen LogP contribution >= 0.6 is 0 Å². The molecule has 0 amide bonds. The molecule has 0 unspecified atom stereocenters. The number of aromatic nitrogens is 4. The molecular formula is C15H11F5N4O. The summed E-state index contributed by atoms with van der Waals surface area (Å²) in [6.45, 7) is 1.52. The Bertz CT molecular complexity index is 884. The van der Waals surface area contributed by atoms with Crippen molar-refractivity contribution in [3.8, 4) is 11.5 Å². The number of hydrogen-bond acceptors (Lipinski definition) is 4. The van der Waals surface area contributed by atoms with Crippen molar-refractivity contribution in [1.29, 1.82) is 0 Å². The van der Waals surface area contributed by atoms with E-state index in [1.54, 1.807) is 6.92 Å². The first-order chi connectivity index (χ1) is 11.7. The van der Waals surface area contributed by atoms with Crippen LogP contribution in [0.25, 0.3) is 11.5 Å². The van der Waals surface area contributed by atoms with E-state index in [4.69, 9.17) is 4.42 Å². The molecule has 0 aliphatic heterocycles. The van der Waals surface area contributed by atoms with E-state index in [2.05, 4.69) is 15.3 Å². The number of alkyl halides is 5. The van der Waals surface area contributed by atoms with E-state index in [9.17, 15) is 22.0 Å². The number of hydrogen-bond donors (Lipinski definition) is 0. The molecule has 5 nitrogen and oxygen atoms in total. The van der Waals surface area contributed by atoms with Gasteiger partial charge in [-0.25, -0.2) is 8.78 Å². The van der Waals surface area contributed by atoms with Crippen LogP contribution in [-0.2, 0) is 12.7 Å². The van der Waals surface area contributed by atoms with Crippen molar-refractivity contribution in [1.82, 2.24) is 20.0 Å². The van der Waals surface area contributed by atoms with Gasteiger partial charge in [-0.1, -0.05) is 6.07 Å². The third-order valence-corrected chi connectivity index (χ3v) is 3.41. The molecule has 0 saturated heterocycles. The highest BCUT2D eigenvalue weighted by Crippen LogP contribution is 2.31. The zero-order valence-corrected chi connectivity index (χ0v) is 12.8. The van der Waals surface area contributed by atoms with Crippen molar-refractivity contribution in [2.45, 2.75) is 26.1 Å². The SMILES string of the molecule is Cc1cc(C(F)F)nn1Cc1nnc(-c2cccc(C(F)(F)F)c2)o1. The van der Waals surface area contributed by atoms with E-state index in [1.165, 1.54) is 22.9 Å². The molecular weight excluding hydrogens is 347 g/mol. The quantitative estimate of drug-likeness (QED) is 0.655. The first-order valence-corrected chi connectivity index (χ1v) is 7.06. The number of benzene rings is 1. The van der Waals surface area contributed by atoms with Gasteiger partial charge in [-0.3, -0.25) is 4.68 Å². The van der Waals surface area contributed by atoms with Crippen LogP contribution in [0.1, 0.15) is 29.3 Å². The first-order valence-electron chi connectivity index (χ1n) is 7.06. The van der Waals surface area contributed by atoms with E-state index < -0.39 is 18.2 Å². The fraction of sp³-hybridized carbons (Fsp3) is 0.267. The molecule has 0 aliphatic rings. The Labute approximate surface area is 138 Å². The van der Waals surface area contributed by atoms with E-state index in [1.807, 2.05) is 0 Å². The third-order valence-electron chi connectivity index (χ3n) is 3.41. The van der Waals surface area contributed by atoms with E-state index in [-0.39, 0.29) is 29.6 Å². The molecule has 0 fully saturated rings. The number of halogens is 5. The molecule has 0 saturated carbocycles. The molecule has 3 rings (SSSR count). The number of aryl methyl sites for hydroxylation is 1. The zero-order chi connectivity index (χ0) is 18.2. The van der Waals surface area contributed by atoms with E-state index >= 15 is 0 Å². The lowest BCUT2D eigenvalue weighted by molar-refractivity contribution is -0.137. The summed E-state index contributed by atoms with van der Waals surface area (Å²) in [6.07, 6.45) is -7.19. The van der Waals surface area contributed by atoms with Crippen molar-refractivity contribution in [2.75, 3.05) is 0 Å². The van der Waals surface area contributed by atoms with Crippen molar-refractivity contribution in [2.24, 2.45) is 0 Å². The van der Waals surface area contributed by atoms with Gasteiger partial charge in [0.2, 0.25) is 11.8 Å². The summed E-state index contributed by atoms with van der Waals surface area (Å²) in [4.78, 5) is 0. The van der Waals surface area contributed by atoms with Gasteiger partial charge in [0.15, 0.2) is 0 Å². The van der Waals surface area contributed by atoms with Crippen LogP contribution in [0, 0.1) is 6.92 Å². The van der Waals surface area contributed by atoms with Crippen LogP contribution in [0.15, 0.2) is 34.7 Å². The maximum atomic E-state index is 12.7. The molecule has 0 atom stereocenters. The van der Waals surface area contributed by atoms with Crippen molar-refractivity contribution in [3.05, 3.63) is 53.2 Å². The molecule has 0 radical (unpaired) electrons. The minimum absolute atomic E-state index is 0.0411. The second kappa shape index (κ2) is 6.26. The normalized spacial score (nSPS) is 12.1. The van der Waals surface area contributed by atoms with E-state index in [0.717, 1.165) is 12.1 Å². The average molecular weight is 358 g/mol. The highest BCUT2D eigenvalue weighted by molar-refractivity contribution is 5.54. The minimum atomic E-state index is -4.49. The second-order valence-corrected chi connectivity index (χ2v) is 5.25. The van der Waals surface area contributed by atoms with Gasteiger partial charge in [-0.2, -0.15) is 18.3 Å². The summed E-state index contributed by atoms with van der Waals surface area (Å²) >= 11 is 0. The van der Waals surface area contributed by atoms with Crippen LogP contribution in [0.2, 0.25) is 0 Å². The van der Waals surface area contributed by atoms with Gasteiger partial charge >= 0.3 is 6.18 Å². The Morgan fingerprint density at radius 1 is 1.16 bits per heavy atom. The van der Waals surface area contributed by atoms with Crippen molar-refractivity contribution in [3.63, 3.8) is 0 Å². The molecule has 10 heteroatoms. The summed E-state index contributed by atoms with van der Waals surface area (Å²) in [5, 5.41) is 11.2. The standard InChI is InChI=1S/C15H11F5N4O/c1-8-5-11(13(16)17)23-24(8)7-12-21-22-14(25-12)9-3-2-4-10(6-9)15(18,19)20/h2-6,13H,7H2,1H3. The predicted octanol–water partition coefficient (Wildman–Crippen LogP) is 4.25. The molecule has 25 heavy (non-hydrogen) atoms. The van der Waals surface area contributed by atoms with Crippen LogP contribution in [-0.4, -0.2) is 20.0 Å². The highest BCUT2D eigenvalue weighted by atomic mass is 19.4. The molecule has 2 aromatic heterocycles. The van der Waals surface area contributed by atoms with Crippen molar-refractivity contribution >= 4 is 0 Å². The molecule has 0 N–H and O–H groups in total. The molecule has 2 heterocycles. The van der Waals surface area contributed by atoms with Gasteiger partial charge in [-0.15, -0.1) is 10.2 Å².